The fourth-order valence-corrected chi connectivity index (χ4v) is 1.17. The number of halogens is 2. The smallest absolute Gasteiger partial charge is 0.266 e. The molecule has 1 aliphatic heterocycles. The van der Waals surface area contributed by atoms with Crippen molar-refractivity contribution in [3.05, 3.63) is 12.2 Å². The third-order valence-electron chi connectivity index (χ3n) is 1.87. The largest absolute Gasteiger partial charge is 0.370 e. The highest BCUT2D eigenvalue weighted by Crippen LogP contribution is 2.13. The summed E-state index contributed by atoms with van der Waals surface area (Å²) in [7, 11) is 0. The summed E-state index contributed by atoms with van der Waals surface area (Å²) in [5, 5.41) is 2.46. The third kappa shape index (κ3) is 7.90. The Labute approximate surface area is 92.9 Å². The van der Waals surface area contributed by atoms with Gasteiger partial charge >= 0.3 is 0 Å². The Balaban J connectivity index is 0.000000325. The van der Waals surface area contributed by atoms with Crippen LogP contribution in [0.5, 0.6) is 0 Å². The van der Waals surface area contributed by atoms with Gasteiger partial charge in [-0.25, -0.2) is 0 Å². The van der Waals surface area contributed by atoms with Crippen LogP contribution in [0.25, 0.3) is 0 Å². The van der Waals surface area contributed by atoms with Crippen LogP contribution in [0.4, 0.5) is 8.78 Å². The van der Waals surface area contributed by atoms with Crippen LogP contribution in [0.1, 0.15) is 26.2 Å². The van der Waals surface area contributed by atoms with Gasteiger partial charge in [-0.1, -0.05) is 6.92 Å². The molecule has 0 spiro atoms. The van der Waals surface area contributed by atoms with Crippen LogP contribution in [0.3, 0.4) is 0 Å². The zero-order valence-corrected chi connectivity index (χ0v) is 9.13. The number of carbonyl (C=O) groups excluding carboxylic acids is 2. The molecule has 92 valence electrons. The average molecular weight is 234 g/mol. The normalized spacial score (nSPS) is 18.2. The molecule has 0 bridgehead atoms. The van der Waals surface area contributed by atoms with Crippen molar-refractivity contribution in [2.24, 2.45) is 11.7 Å². The first-order valence-corrected chi connectivity index (χ1v) is 5.03. The lowest BCUT2D eigenvalue weighted by Gasteiger charge is -1.94. The van der Waals surface area contributed by atoms with Gasteiger partial charge in [0, 0.05) is 25.3 Å². The summed E-state index contributed by atoms with van der Waals surface area (Å²) in [5.74, 6) is -0.669. The molecule has 0 aromatic carbocycles. The highest BCUT2D eigenvalue weighted by Gasteiger charge is 2.19. The van der Waals surface area contributed by atoms with Crippen molar-refractivity contribution < 1.29 is 18.4 Å². The van der Waals surface area contributed by atoms with Crippen molar-refractivity contribution in [2.75, 3.05) is 6.54 Å². The highest BCUT2D eigenvalue weighted by atomic mass is 19.3. The summed E-state index contributed by atoms with van der Waals surface area (Å²) >= 11 is 0. The Kier molecular flexibility index (Phi) is 7.07. The second kappa shape index (κ2) is 7.78. The molecule has 0 radical (unpaired) electrons. The molecule has 3 N–H and O–H groups in total. The fraction of sp³-hybridized carbons (Fsp3) is 0.600. The second-order valence-corrected chi connectivity index (χ2v) is 3.44. The summed E-state index contributed by atoms with van der Waals surface area (Å²) in [6.45, 7) is 2.26. The van der Waals surface area contributed by atoms with Crippen molar-refractivity contribution in [3.63, 3.8) is 0 Å². The number of rotatable bonds is 3. The maximum atomic E-state index is 11.5. The van der Waals surface area contributed by atoms with Gasteiger partial charge in [0.2, 0.25) is 11.8 Å². The summed E-state index contributed by atoms with van der Waals surface area (Å²) in [5.41, 5.74) is 4.76. The minimum absolute atomic E-state index is 0.150. The number of nitrogens with two attached hydrogens (primary N) is 1. The van der Waals surface area contributed by atoms with Crippen LogP contribution in [0.15, 0.2) is 12.2 Å². The minimum Gasteiger partial charge on any atom is -0.370 e. The van der Waals surface area contributed by atoms with E-state index in [0.29, 0.717) is 13.0 Å². The van der Waals surface area contributed by atoms with Gasteiger partial charge in [0.1, 0.15) is 0 Å². The predicted molar refractivity (Wildman–Crippen MR) is 55.5 cm³/mol. The average Bonchev–Trinajstić information content (AvgIpc) is 2.50. The van der Waals surface area contributed by atoms with E-state index in [4.69, 9.17) is 5.73 Å². The standard InChI is InChI=1S/C6H7F2NO.C4H9NO/c7-5(8)1-4-2-6(10)9-3-4;1-2-3-4(5)6/h1,4H,2-3H2,(H,9,10);2-3H2,1H3,(H2,5,6). The minimum atomic E-state index is -1.71. The molecule has 16 heavy (non-hydrogen) atoms. The van der Waals surface area contributed by atoms with E-state index in [1.807, 2.05) is 6.92 Å². The monoisotopic (exact) mass is 234 g/mol. The summed E-state index contributed by atoms with van der Waals surface area (Å²) in [6, 6.07) is 0. The molecule has 6 heteroatoms. The van der Waals surface area contributed by atoms with Gasteiger partial charge in [0.15, 0.2) is 0 Å². The SMILES string of the molecule is CCCC(N)=O.O=C1CC(C=C(F)F)CN1. The molecule has 1 atom stereocenters. The van der Waals surface area contributed by atoms with Gasteiger partial charge in [-0.05, 0) is 12.5 Å². The summed E-state index contributed by atoms with van der Waals surface area (Å²) < 4.78 is 23.1. The molecule has 0 aromatic rings. The van der Waals surface area contributed by atoms with E-state index in [0.717, 1.165) is 12.5 Å². The molecule has 1 unspecified atom stereocenters. The van der Waals surface area contributed by atoms with E-state index in [-0.39, 0.29) is 24.2 Å². The number of primary amides is 1. The molecular formula is C10H16F2N2O2. The first-order chi connectivity index (χ1) is 7.45. The zero-order valence-electron chi connectivity index (χ0n) is 9.13. The molecule has 0 aliphatic carbocycles. The Bertz CT molecular complexity index is 276. The molecule has 1 aliphatic rings. The quantitative estimate of drug-likeness (QED) is 0.769. The number of hydrogen-bond acceptors (Lipinski definition) is 2. The number of amides is 2. The van der Waals surface area contributed by atoms with Gasteiger partial charge in [-0.15, -0.1) is 0 Å². The third-order valence-corrected chi connectivity index (χ3v) is 1.87. The van der Waals surface area contributed by atoms with Gasteiger partial charge in [0.25, 0.3) is 6.08 Å². The Morgan fingerprint density at radius 2 is 2.25 bits per heavy atom. The van der Waals surface area contributed by atoms with Crippen LogP contribution in [0.2, 0.25) is 0 Å². The molecule has 4 nitrogen and oxygen atoms in total. The number of carbonyl (C=O) groups is 2. The Morgan fingerprint density at radius 1 is 1.62 bits per heavy atom. The predicted octanol–water partition coefficient (Wildman–Crippen LogP) is 1.17. The van der Waals surface area contributed by atoms with E-state index < -0.39 is 6.08 Å². The lowest BCUT2D eigenvalue weighted by Crippen LogP contribution is -2.13. The molecule has 1 heterocycles. The van der Waals surface area contributed by atoms with Crippen LogP contribution in [0, 0.1) is 5.92 Å². The molecule has 1 rings (SSSR count). The Hall–Kier alpha value is -1.46. The van der Waals surface area contributed by atoms with Crippen molar-refractivity contribution in [2.45, 2.75) is 26.2 Å². The van der Waals surface area contributed by atoms with Gasteiger partial charge in [-0.3, -0.25) is 9.59 Å². The number of hydrogen-bond donors (Lipinski definition) is 2. The maximum absolute atomic E-state index is 11.5. The van der Waals surface area contributed by atoms with E-state index in [1.165, 1.54) is 0 Å². The van der Waals surface area contributed by atoms with Crippen LogP contribution < -0.4 is 11.1 Å². The van der Waals surface area contributed by atoms with Crippen molar-refractivity contribution >= 4 is 11.8 Å². The first kappa shape index (κ1) is 14.5. The second-order valence-electron chi connectivity index (χ2n) is 3.44. The van der Waals surface area contributed by atoms with Gasteiger partial charge < -0.3 is 11.1 Å². The molecule has 0 aromatic heterocycles. The highest BCUT2D eigenvalue weighted by molar-refractivity contribution is 5.78. The fourth-order valence-electron chi connectivity index (χ4n) is 1.17. The van der Waals surface area contributed by atoms with Crippen LogP contribution in [-0.4, -0.2) is 18.4 Å². The van der Waals surface area contributed by atoms with E-state index >= 15 is 0 Å². The molecule has 1 fully saturated rings. The first-order valence-electron chi connectivity index (χ1n) is 5.03. The van der Waals surface area contributed by atoms with E-state index in [1.54, 1.807) is 0 Å². The molecule has 2 amide bonds. The number of nitrogens with one attached hydrogen (secondary N) is 1. The van der Waals surface area contributed by atoms with Gasteiger partial charge in [-0.2, -0.15) is 8.78 Å². The van der Waals surface area contributed by atoms with E-state index in [9.17, 15) is 18.4 Å². The van der Waals surface area contributed by atoms with Gasteiger partial charge in [0.05, 0.1) is 0 Å². The zero-order chi connectivity index (χ0) is 12.6. The van der Waals surface area contributed by atoms with E-state index in [2.05, 4.69) is 5.32 Å². The maximum Gasteiger partial charge on any atom is 0.266 e. The molecule has 0 saturated carbocycles. The topological polar surface area (TPSA) is 72.2 Å². The summed E-state index contributed by atoms with van der Waals surface area (Å²) in [4.78, 5) is 20.3. The summed E-state index contributed by atoms with van der Waals surface area (Å²) in [6.07, 6.45) is 0.673. The van der Waals surface area contributed by atoms with Crippen LogP contribution >= 0.6 is 0 Å². The Morgan fingerprint density at radius 3 is 2.50 bits per heavy atom. The van der Waals surface area contributed by atoms with Crippen molar-refractivity contribution in [1.82, 2.24) is 5.32 Å². The van der Waals surface area contributed by atoms with Crippen LogP contribution in [-0.2, 0) is 9.59 Å². The molecular weight excluding hydrogens is 218 g/mol. The van der Waals surface area contributed by atoms with Crippen molar-refractivity contribution in [3.8, 4) is 0 Å². The lowest BCUT2D eigenvalue weighted by atomic mass is 10.1. The van der Waals surface area contributed by atoms with Crippen molar-refractivity contribution in [1.29, 1.82) is 0 Å². The lowest BCUT2D eigenvalue weighted by molar-refractivity contribution is -0.119. The molecule has 1 saturated heterocycles.